The summed E-state index contributed by atoms with van der Waals surface area (Å²) in [6.07, 6.45) is 3.63. The van der Waals surface area contributed by atoms with Gasteiger partial charge in [-0.1, -0.05) is 13.0 Å². The third-order valence-electron chi connectivity index (χ3n) is 2.99. The molecule has 0 aliphatic carbocycles. The molecule has 0 amide bonds. The Morgan fingerprint density at radius 3 is 2.79 bits per heavy atom. The molecule has 0 saturated carbocycles. The number of rotatable bonds is 5. The van der Waals surface area contributed by atoms with Crippen molar-refractivity contribution in [2.24, 2.45) is 7.05 Å². The van der Waals surface area contributed by atoms with Crippen molar-refractivity contribution in [2.75, 3.05) is 13.7 Å². The lowest BCUT2D eigenvalue weighted by atomic mass is 10.0. The van der Waals surface area contributed by atoms with Crippen molar-refractivity contribution in [3.05, 3.63) is 47.5 Å². The molecular formula is C14H18FN3O. The fraction of sp³-hybridized carbons (Fsp3) is 0.357. The van der Waals surface area contributed by atoms with E-state index in [0.29, 0.717) is 11.3 Å². The first-order chi connectivity index (χ1) is 9.15. The Morgan fingerprint density at radius 1 is 1.47 bits per heavy atom. The SMILES string of the molecule is CCNC(c1cnn(C)c1)c1ccc(OC)cc1F. The van der Waals surface area contributed by atoms with E-state index in [1.165, 1.54) is 13.2 Å². The summed E-state index contributed by atoms with van der Waals surface area (Å²) in [6, 6.07) is 4.70. The average Bonchev–Trinajstić information content (AvgIpc) is 2.83. The van der Waals surface area contributed by atoms with E-state index in [1.54, 1.807) is 23.0 Å². The van der Waals surface area contributed by atoms with Crippen LogP contribution in [-0.2, 0) is 7.05 Å². The minimum Gasteiger partial charge on any atom is -0.497 e. The van der Waals surface area contributed by atoms with Crippen LogP contribution in [0.5, 0.6) is 5.75 Å². The van der Waals surface area contributed by atoms with E-state index < -0.39 is 0 Å². The highest BCUT2D eigenvalue weighted by Gasteiger charge is 2.18. The van der Waals surface area contributed by atoms with Gasteiger partial charge in [0.2, 0.25) is 0 Å². The van der Waals surface area contributed by atoms with Gasteiger partial charge in [0, 0.05) is 30.4 Å². The van der Waals surface area contributed by atoms with Crippen molar-refractivity contribution >= 4 is 0 Å². The van der Waals surface area contributed by atoms with Gasteiger partial charge in [-0.2, -0.15) is 5.10 Å². The molecule has 5 heteroatoms. The summed E-state index contributed by atoms with van der Waals surface area (Å²) in [7, 11) is 3.37. The van der Waals surface area contributed by atoms with Gasteiger partial charge in [-0.3, -0.25) is 4.68 Å². The number of nitrogens with one attached hydrogen (secondary N) is 1. The summed E-state index contributed by atoms with van der Waals surface area (Å²) in [4.78, 5) is 0. The van der Waals surface area contributed by atoms with Crippen LogP contribution >= 0.6 is 0 Å². The molecule has 1 heterocycles. The van der Waals surface area contributed by atoms with Crippen molar-refractivity contribution < 1.29 is 9.13 Å². The van der Waals surface area contributed by atoms with E-state index in [2.05, 4.69) is 10.4 Å². The number of aryl methyl sites for hydroxylation is 1. The number of ether oxygens (including phenoxy) is 1. The molecule has 1 unspecified atom stereocenters. The lowest BCUT2D eigenvalue weighted by Gasteiger charge is -2.18. The van der Waals surface area contributed by atoms with Gasteiger partial charge in [-0.05, 0) is 12.6 Å². The Labute approximate surface area is 112 Å². The minimum absolute atomic E-state index is 0.204. The summed E-state index contributed by atoms with van der Waals surface area (Å²) in [5.74, 6) is 0.233. The maximum Gasteiger partial charge on any atom is 0.132 e. The van der Waals surface area contributed by atoms with Gasteiger partial charge in [-0.15, -0.1) is 0 Å². The zero-order valence-corrected chi connectivity index (χ0v) is 11.4. The van der Waals surface area contributed by atoms with Crippen LogP contribution in [0.2, 0.25) is 0 Å². The maximum atomic E-state index is 14.2. The molecule has 0 spiro atoms. The second-order valence-corrected chi connectivity index (χ2v) is 4.33. The van der Waals surface area contributed by atoms with Gasteiger partial charge in [0.15, 0.2) is 0 Å². The van der Waals surface area contributed by atoms with E-state index >= 15 is 0 Å². The normalized spacial score (nSPS) is 12.4. The van der Waals surface area contributed by atoms with Crippen molar-refractivity contribution in [2.45, 2.75) is 13.0 Å². The van der Waals surface area contributed by atoms with Crippen LogP contribution in [0.1, 0.15) is 24.1 Å². The van der Waals surface area contributed by atoms with E-state index in [0.717, 1.165) is 12.1 Å². The summed E-state index contributed by atoms with van der Waals surface area (Å²) >= 11 is 0. The number of halogens is 1. The molecule has 1 aromatic carbocycles. The monoisotopic (exact) mass is 263 g/mol. The first-order valence-electron chi connectivity index (χ1n) is 6.21. The second kappa shape index (κ2) is 5.84. The van der Waals surface area contributed by atoms with E-state index in [1.807, 2.05) is 20.2 Å². The van der Waals surface area contributed by atoms with Crippen LogP contribution < -0.4 is 10.1 Å². The van der Waals surface area contributed by atoms with Crippen LogP contribution in [0.15, 0.2) is 30.6 Å². The third-order valence-corrected chi connectivity index (χ3v) is 2.99. The molecule has 2 aromatic rings. The van der Waals surface area contributed by atoms with Crippen molar-refractivity contribution in [3.8, 4) is 5.75 Å². The van der Waals surface area contributed by atoms with Crippen molar-refractivity contribution in [1.29, 1.82) is 0 Å². The highest BCUT2D eigenvalue weighted by Crippen LogP contribution is 2.26. The summed E-state index contributed by atoms with van der Waals surface area (Å²) in [5, 5.41) is 7.41. The molecule has 0 aliphatic heterocycles. The van der Waals surface area contributed by atoms with Gasteiger partial charge in [0.05, 0.1) is 19.3 Å². The minimum atomic E-state index is -0.283. The van der Waals surface area contributed by atoms with E-state index in [4.69, 9.17) is 4.74 Å². The van der Waals surface area contributed by atoms with Gasteiger partial charge < -0.3 is 10.1 Å². The molecule has 1 atom stereocenters. The smallest absolute Gasteiger partial charge is 0.132 e. The highest BCUT2D eigenvalue weighted by atomic mass is 19.1. The van der Waals surface area contributed by atoms with Crippen LogP contribution in [0.3, 0.4) is 0 Å². The quantitative estimate of drug-likeness (QED) is 0.899. The lowest BCUT2D eigenvalue weighted by Crippen LogP contribution is -2.22. The zero-order valence-electron chi connectivity index (χ0n) is 11.4. The standard InChI is InChI=1S/C14H18FN3O/c1-4-16-14(10-8-17-18(2)9-10)12-6-5-11(19-3)7-13(12)15/h5-9,14,16H,4H2,1-3H3. The lowest BCUT2D eigenvalue weighted by molar-refractivity contribution is 0.410. The van der Waals surface area contributed by atoms with Gasteiger partial charge in [0.25, 0.3) is 0 Å². The molecule has 1 N–H and O–H groups in total. The molecular weight excluding hydrogens is 245 g/mol. The first kappa shape index (κ1) is 13.5. The number of hydrogen-bond acceptors (Lipinski definition) is 3. The Morgan fingerprint density at radius 2 is 2.26 bits per heavy atom. The Hall–Kier alpha value is -1.88. The van der Waals surface area contributed by atoms with Gasteiger partial charge >= 0.3 is 0 Å². The molecule has 0 radical (unpaired) electrons. The third kappa shape index (κ3) is 2.93. The largest absolute Gasteiger partial charge is 0.497 e. The maximum absolute atomic E-state index is 14.2. The number of methoxy groups -OCH3 is 1. The molecule has 0 saturated heterocycles. The number of nitrogens with zero attached hydrogens (tertiary/aromatic N) is 2. The Kier molecular flexibility index (Phi) is 4.16. The molecule has 102 valence electrons. The molecule has 4 nitrogen and oxygen atoms in total. The molecule has 0 aliphatic rings. The molecule has 0 bridgehead atoms. The fourth-order valence-electron chi connectivity index (χ4n) is 2.07. The van der Waals surface area contributed by atoms with E-state index in [-0.39, 0.29) is 11.9 Å². The summed E-state index contributed by atoms with van der Waals surface area (Å²) < 4.78 is 20.9. The van der Waals surface area contributed by atoms with Crippen LogP contribution in [0.4, 0.5) is 4.39 Å². The van der Waals surface area contributed by atoms with Gasteiger partial charge in [-0.25, -0.2) is 4.39 Å². The zero-order chi connectivity index (χ0) is 13.8. The van der Waals surface area contributed by atoms with Crippen molar-refractivity contribution in [3.63, 3.8) is 0 Å². The molecule has 0 fully saturated rings. The highest BCUT2D eigenvalue weighted by molar-refractivity contribution is 5.35. The topological polar surface area (TPSA) is 39.1 Å². The predicted molar refractivity (Wildman–Crippen MR) is 71.7 cm³/mol. The summed E-state index contributed by atoms with van der Waals surface area (Å²) in [5.41, 5.74) is 1.53. The van der Waals surface area contributed by atoms with Crippen molar-refractivity contribution in [1.82, 2.24) is 15.1 Å². The first-order valence-corrected chi connectivity index (χ1v) is 6.21. The second-order valence-electron chi connectivity index (χ2n) is 4.33. The number of aromatic nitrogens is 2. The average molecular weight is 263 g/mol. The van der Waals surface area contributed by atoms with Gasteiger partial charge in [0.1, 0.15) is 11.6 Å². The number of hydrogen-bond donors (Lipinski definition) is 1. The van der Waals surface area contributed by atoms with Crippen LogP contribution in [0.25, 0.3) is 0 Å². The fourth-order valence-corrected chi connectivity index (χ4v) is 2.07. The van der Waals surface area contributed by atoms with E-state index in [9.17, 15) is 4.39 Å². The Bertz CT molecular complexity index is 553. The summed E-state index contributed by atoms with van der Waals surface area (Å²) in [6.45, 7) is 2.73. The van der Waals surface area contributed by atoms with Crippen LogP contribution in [-0.4, -0.2) is 23.4 Å². The van der Waals surface area contributed by atoms with Crippen LogP contribution in [0, 0.1) is 5.82 Å². The Balaban J connectivity index is 2.39. The molecule has 19 heavy (non-hydrogen) atoms. The molecule has 2 rings (SSSR count). The molecule has 1 aromatic heterocycles. The predicted octanol–water partition coefficient (Wildman–Crippen LogP) is 2.27. The number of benzene rings is 1.